The molecule has 0 rings (SSSR count). The molecule has 0 atom stereocenters. The summed E-state index contributed by atoms with van der Waals surface area (Å²) in [4.78, 5) is 19.8. The van der Waals surface area contributed by atoms with Crippen LogP contribution < -0.4 is 0 Å². The highest BCUT2D eigenvalue weighted by Crippen LogP contribution is 2.04. The van der Waals surface area contributed by atoms with Crippen molar-refractivity contribution in [1.29, 1.82) is 0 Å². The first-order valence-corrected chi connectivity index (χ1v) is 2.22. The van der Waals surface area contributed by atoms with Gasteiger partial charge in [0.05, 0.1) is 6.61 Å². The summed E-state index contributed by atoms with van der Waals surface area (Å²) >= 11 is 0. The van der Waals surface area contributed by atoms with Gasteiger partial charge in [-0.25, -0.2) is 0 Å². The van der Waals surface area contributed by atoms with E-state index in [4.69, 9.17) is 5.11 Å². The van der Waals surface area contributed by atoms with Gasteiger partial charge >= 0.3 is 0 Å². The summed E-state index contributed by atoms with van der Waals surface area (Å²) < 4.78 is 0. The maximum atomic E-state index is 9.90. The van der Waals surface area contributed by atoms with E-state index in [1.165, 1.54) is 6.92 Å². The molecule has 0 aliphatic rings. The van der Waals surface area contributed by atoms with Gasteiger partial charge in [0.1, 0.15) is 18.0 Å². The molecule has 0 bridgehead atoms. The van der Waals surface area contributed by atoms with Gasteiger partial charge < -0.3 is 14.7 Å². The van der Waals surface area contributed by atoms with Crippen LogP contribution in [0.2, 0.25) is 0 Å². The lowest BCUT2D eigenvalue weighted by Crippen LogP contribution is -2.24. The molecule has 8 heavy (non-hydrogen) atoms. The van der Waals surface area contributed by atoms with Gasteiger partial charge in [-0.1, -0.05) is 0 Å². The van der Waals surface area contributed by atoms with Gasteiger partial charge in [0.15, 0.2) is 0 Å². The van der Waals surface area contributed by atoms with E-state index in [2.05, 4.69) is 0 Å². The van der Waals surface area contributed by atoms with Gasteiger partial charge in [-0.2, -0.15) is 0 Å². The summed E-state index contributed by atoms with van der Waals surface area (Å²) in [7, 11) is 0. The lowest BCUT2D eigenvalue weighted by molar-refractivity contribution is -0.127. The highest BCUT2D eigenvalue weighted by Gasteiger charge is 2.20. The van der Waals surface area contributed by atoms with Crippen molar-refractivity contribution in [3.8, 4) is 0 Å². The summed E-state index contributed by atoms with van der Waals surface area (Å²) in [6.07, 6.45) is 0.861. The van der Waals surface area contributed by atoms with Crippen molar-refractivity contribution >= 4 is 12.6 Å². The first-order chi connectivity index (χ1) is 3.68. The molecule has 0 saturated carbocycles. The third-order valence-corrected chi connectivity index (χ3v) is 0.879. The number of carbonyl (C=O) groups excluding carboxylic acids is 2. The number of hydrogen-bond donors (Lipinski definition) is 1. The van der Waals surface area contributed by atoms with Gasteiger partial charge in [-0.3, -0.25) is 0 Å². The van der Waals surface area contributed by atoms with Crippen LogP contribution in [0.25, 0.3) is 0 Å². The molecule has 0 amide bonds. The van der Waals surface area contributed by atoms with Crippen LogP contribution in [0, 0.1) is 5.41 Å². The fraction of sp³-hybridized carbons (Fsp3) is 0.600. The first kappa shape index (κ1) is 7.30. The van der Waals surface area contributed by atoms with Gasteiger partial charge in [-0.15, -0.1) is 0 Å². The van der Waals surface area contributed by atoms with E-state index in [0.29, 0.717) is 12.6 Å². The lowest BCUT2D eigenvalue weighted by Gasteiger charge is -2.07. The van der Waals surface area contributed by atoms with Crippen molar-refractivity contribution in [3.05, 3.63) is 0 Å². The van der Waals surface area contributed by atoms with Crippen molar-refractivity contribution < 1.29 is 14.7 Å². The summed E-state index contributed by atoms with van der Waals surface area (Å²) in [5, 5.41) is 8.32. The number of hydrogen-bond acceptors (Lipinski definition) is 3. The second kappa shape index (κ2) is 2.57. The normalized spacial score (nSPS) is 10.8. The molecule has 0 aromatic heterocycles. The van der Waals surface area contributed by atoms with Crippen LogP contribution in [0.1, 0.15) is 6.92 Å². The minimum Gasteiger partial charge on any atom is -0.395 e. The Hall–Kier alpha value is -0.700. The second-order valence-corrected chi connectivity index (χ2v) is 1.90. The average Bonchev–Trinajstić information content (AvgIpc) is 1.87. The highest BCUT2D eigenvalue weighted by molar-refractivity contribution is 5.82. The molecule has 46 valence electrons. The van der Waals surface area contributed by atoms with Crippen LogP contribution in [-0.4, -0.2) is 24.3 Å². The topological polar surface area (TPSA) is 54.4 Å². The van der Waals surface area contributed by atoms with Crippen LogP contribution >= 0.6 is 0 Å². The maximum Gasteiger partial charge on any atom is 0.135 e. The molecular formula is C5H8O3. The SMILES string of the molecule is CC(C=O)(C=O)CO. The molecule has 0 heterocycles. The summed E-state index contributed by atoms with van der Waals surface area (Å²) in [5.74, 6) is 0. The van der Waals surface area contributed by atoms with Crippen LogP contribution in [0.5, 0.6) is 0 Å². The molecular weight excluding hydrogens is 108 g/mol. The third kappa shape index (κ3) is 1.42. The minimum atomic E-state index is -1.18. The average molecular weight is 116 g/mol. The van der Waals surface area contributed by atoms with Crippen LogP contribution in [0.4, 0.5) is 0 Å². The van der Waals surface area contributed by atoms with E-state index >= 15 is 0 Å². The Bertz CT molecular complexity index is 89.8. The molecule has 0 aromatic carbocycles. The van der Waals surface area contributed by atoms with Crippen LogP contribution in [0.15, 0.2) is 0 Å². The third-order valence-electron chi connectivity index (χ3n) is 0.879. The second-order valence-electron chi connectivity index (χ2n) is 1.90. The fourth-order valence-corrected chi connectivity index (χ4v) is 0.102. The fourth-order valence-electron chi connectivity index (χ4n) is 0.102. The van der Waals surface area contributed by atoms with Crippen molar-refractivity contribution in [3.63, 3.8) is 0 Å². The summed E-state index contributed by atoms with van der Waals surface area (Å²) in [6, 6.07) is 0. The van der Waals surface area contributed by atoms with E-state index in [1.807, 2.05) is 0 Å². The first-order valence-electron chi connectivity index (χ1n) is 2.22. The molecule has 0 saturated heterocycles. The molecule has 1 N–H and O–H groups in total. The molecule has 0 unspecified atom stereocenters. The Morgan fingerprint density at radius 1 is 1.50 bits per heavy atom. The Morgan fingerprint density at radius 2 is 1.88 bits per heavy atom. The van der Waals surface area contributed by atoms with Gasteiger partial charge in [-0.05, 0) is 6.92 Å². The number of aliphatic hydroxyl groups excluding tert-OH is 1. The van der Waals surface area contributed by atoms with Gasteiger partial charge in [0.25, 0.3) is 0 Å². The van der Waals surface area contributed by atoms with Crippen molar-refractivity contribution in [2.45, 2.75) is 6.92 Å². The van der Waals surface area contributed by atoms with Gasteiger partial charge in [0.2, 0.25) is 0 Å². The predicted octanol–water partition coefficient (Wildman–Crippen LogP) is -0.617. The van der Waals surface area contributed by atoms with E-state index in [-0.39, 0.29) is 0 Å². The number of carbonyl (C=O) groups is 2. The standard InChI is InChI=1S/C5H8O3/c1-5(2-6,3-7)4-8/h2-3,8H,4H2,1H3. The molecule has 3 nitrogen and oxygen atoms in total. The zero-order chi connectivity index (χ0) is 6.62. The van der Waals surface area contributed by atoms with Crippen LogP contribution in [0.3, 0.4) is 0 Å². The van der Waals surface area contributed by atoms with E-state index < -0.39 is 12.0 Å². The van der Waals surface area contributed by atoms with E-state index in [0.717, 1.165) is 0 Å². The number of aliphatic hydroxyl groups is 1. The quantitative estimate of drug-likeness (QED) is 0.395. The zero-order valence-electron chi connectivity index (χ0n) is 4.63. The number of rotatable bonds is 3. The Labute approximate surface area is 47.3 Å². The van der Waals surface area contributed by atoms with Crippen molar-refractivity contribution in [1.82, 2.24) is 0 Å². The molecule has 0 radical (unpaired) electrons. The summed E-state index contributed by atoms with van der Waals surface area (Å²) in [5.41, 5.74) is -1.18. The molecule has 0 aromatic rings. The predicted molar refractivity (Wildman–Crippen MR) is 27.3 cm³/mol. The number of aldehydes is 2. The van der Waals surface area contributed by atoms with E-state index in [1.54, 1.807) is 0 Å². The van der Waals surface area contributed by atoms with Gasteiger partial charge in [0, 0.05) is 0 Å². The highest BCUT2D eigenvalue weighted by atomic mass is 16.3. The van der Waals surface area contributed by atoms with Crippen molar-refractivity contribution in [2.75, 3.05) is 6.61 Å². The maximum absolute atomic E-state index is 9.90. The Morgan fingerprint density at radius 3 is 1.88 bits per heavy atom. The smallest absolute Gasteiger partial charge is 0.135 e. The molecule has 3 heteroatoms. The van der Waals surface area contributed by atoms with Crippen LogP contribution in [-0.2, 0) is 9.59 Å². The minimum absolute atomic E-state index is 0.417. The molecule has 0 aliphatic heterocycles. The Kier molecular flexibility index (Phi) is 2.34. The molecule has 0 fully saturated rings. The zero-order valence-corrected chi connectivity index (χ0v) is 4.63. The molecule has 0 spiro atoms. The lowest BCUT2D eigenvalue weighted by atomic mass is 9.97. The Balaban J connectivity index is 3.96. The van der Waals surface area contributed by atoms with Crippen molar-refractivity contribution in [2.24, 2.45) is 5.41 Å². The monoisotopic (exact) mass is 116 g/mol. The molecule has 0 aliphatic carbocycles. The van der Waals surface area contributed by atoms with E-state index in [9.17, 15) is 9.59 Å². The summed E-state index contributed by atoms with van der Waals surface area (Å²) in [6.45, 7) is 0.951. The largest absolute Gasteiger partial charge is 0.395 e.